The number of methoxy groups -OCH3 is 1. The van der Waals surface area contributed by atoms with Crippen LogP contribution in [0.1, 0.15) is 11.1 Å². The van der Waals surface area contributed by atoms with Crippen molar-refractivity contribution in [2.75, 3.05) is 7.11 Å². The number of carbonyl (C=O) groups is 2. The van der Waals surface area contributed by atoms with Gasteiger partial charge >= 0.3 is 0 Å². The summed E-state index contributed by atoms with van der Waals surface area (Å²) < 4.78 is 35.7. The van der Waals surface area contributed by atoms with E-state index < -0.39 is 23.4 Å². The number of nitrogens with one attached hydrogen (secondary N) is 1. The number of carbonyl (C=O) groups excluding carboxylic acids is 2. The molecule has 5 nitrogen and oxygen atoms in total. The fourth-order valence-corrected chi connectivity index (χ4v) is 4.83. The summed E-state index contributed by atoms with van der Waals surface area (Å²) in [6, 6.07) is 7.17. The molecular formula is C22H14F2N2O3S. The quantitative estimate of drug-likeness (QED) is 0.501. The lowest BCUT2D eigenvalue weighted by molar-refractivity contribution is -0.122. The highest BCUT2D eigenvalue weighted by molar-refractivity contribution is 7.17. The van der Waals surface area contributed by atoms with Gasteiger partial charge in [0.25, 0.3) is 11.8 Å². The first-order valence-electron chi connectivity index (χ1n) is 8.99. The van der Waals surface area contributed by atoms with Gasteiger partial charge < -0.3 is 9.30 Å². The standard InChI is InChI=1S/C22H14F2N2O3S/c1-26-8-13(11-6-17(29-2)15(24)7-16(11)26)19-20(22(28)25-21(19)27)14-9-30-18-4-3-10(23)5-12(14)18/h3-9H,1-2H3,(H,25,27,28). The number of rotatable bonds is 3. The van der Waals surface area contributed by atoms with Crippen LogP contribution in [0.4, 0.5) is 8.78 Å². The van der Waals surface area contributed by atoms with Crippen LogP contribution < -0.4 is 10.1 Å². The third-order valence-corrected chi connectivity index (χ3v) is 6.23. The molecule has 30 heavy (non-hydrogen) atoms. The highest BCUT2D eigenvalue weighted by atomic mass is 32.1. The Morgan fingerprint density at radius 1 is 1.00 bits per heavy atom. The summed E-state index contributed by atoms with van der Waals surface area (Å²) in [6.45, 7) is 0. The summed E-state index contributed by atoms with van der Waals surface area (Å²) in [4.78, 5) is 25.5. The van der Waals surface area contributed by atoms with Crippen molar-refractivity contribution >= 4 is 55.3 Å². The number of halogens is 2. The van der Waals surface area contributed by atoms with Crippen LogP contribution in [0.15, 0.2) is 41.9 Å². The number of amides is 2. The van der Waals surface area contributed by atoms with E-state index in [4.69, 9.17) is 4.74 Å². The van der Waals surface area contributed by atoms with Crippen LogP contribution in [0.5, 0.6) is 5.75 Å². The van der Waals surface area contributed by atoms with Gasteiger partial charge in [0.15, 0.2) is 11.6 Å². The summed E-state index contributed by atoms with van der Waals surface area (Å²) >= 11 is 1.36. The van der Waals surface area contributed by atoms with Crippen molar-refractivity contribution in [1.82, 2.24) is 9.88 Å². The molecule has 8 heteroatoms. The Hall–Kier alpha value is -3.52. The molecule has 3 heterocycles. The van der Waals surface area contributed by atoms with Crippen molar-refractivity contribution in [3.63, 3.8) is 0 Å². The van der Waals surface area contributed by atoms with E-state index in [1.807, 2.05) is 0 Å². The van der Waals surface area contributed by atoms with E-state index >= 15 is 0 Å². The van der Waals surface area contributed by atoms with E-state index in [0.717, 1.165) is 4.70 Å². The predicted octanol–water partition coefficient (Wildman–Crippen LogP) is 4.25. The van der Waals surface area contributed by atoms with Crippen LogP contribution in [0.3, 0.4) is 0 Å². The van der Waals surface area contributed by atoms with E-state index in [0.29, 0.717) is 27.4 Å². The second-order valence-corrected chi connectivity index (χ2v) is 7.89. The zero-order valence-corrected chi connectivity index (χ0v) is 16.7. The number of aromatic nitrogens is 1. The summed E-state index contributed by atoms with van der Waals surface area (Å²) in [5.41, 5.74) is 1.85. The summed E-state index contributed by atoms with van der Waals surface area (Å²) in [7, 11) is 3.08. The minimum atomic E-state index is -0.554. The van der Waals surface area contributed by atoms with E-state index in [1.165, 1.54) is 42.7 Å². The van der Waals surface area contributed by atoms with Gasteiger partial charge in [0.1, 0.15) is 5.82 Å². The van der Waals surface area contributed by atoms with Crippen LogP contribution in [0.25, 0.3) is 32.1 Å². The van der Waals surface area contributed by atoms with Crippen LogP contribution in [-0.2, 0) is 16.6 Å². The Labute approximate surface area is 173 Å². The molecule has 1 aliphatic heterocycles. The summed E-state index contributed by atoms with van der Waals surface area (Å²) in [6.07, 6.45) is 1.67. The minimum Gasteiger partial charge on any atom is -0.494 e. The number of hydrogen-bond donors (Lipinski definition) is 1. The molecule has 0 bridgehead atoms. The molecule has 0 spiro atoms. The van der Waals surface area contributed by atoms with Crippen LogP contribution >= 0.6 is 11.3 Å². The lowest BCUT2D eigenvalue weighted by Gasteiger charge is -2.05. The molecule has 150 valence electrons. The first kappa shape index (κ1) is 18.5. The third-order valence-electron chi connectivity index (χ3n) is 5.27. The molecule has 5 rings (SSSR count). The Morgan fingerprint density at radius 2 is 1.73 bits per heavy atom. The number of benzene rings is 2. The van der Waals surface area contributed by atoms with Crippen molar-refractivity contribution in [3.8, 4) is 5.75 Å². The van der Waals surface area contributed by atoms with Gasteiger partial charge in [-0.2, -0.15) is 0 Å². The lowest BCUT2D eigenvalue weighted by Crippen LogP contribution is -2.22. The third kappa shape index (κ3) is 2.57. The normalized spacial score (nSPS) is 14.3. The van der Waals surface area contributed by atoms with Gasteiger partial charge in [-0.05, 0) is 24.3 Å². The summed E-state index contributed by atoms with van der Waals surface area (Å²) in [5, 5.41) is 5.21. The van der Waals surface area contributed by atoms with Crippen LogP contribution in [0, 0.1) is 11.6 Å². The van der Waals surface area contributed by atoms with Gasteiger partial charge in [0, 0.05) is 51.3 Å². The van der Waals surface area contributed by atoms with Gasteiger partial charge in [0.05, 0.1) is 23.8 Å². The molecule has 0 saturated carbocycles. The molecule has 0 aliphatic carbocycles. The number of nitrogens with zero attached hydrogens (tertiary/aromatic N) is 1. The van der Waals surface area contributed by atoms with Gasteiger partial charge in [-0.3, -0.25) is 14.9 Å². The smallest absolute Gasteiger partial charge is 0.259 e. The van der Waals surface area contributed by atoms with E-state index in [2.05, 4.69) is 5.32 Å². The summed E-state index contributed by atoms with van der Waals surface area (Å²) in [5.74, 6) is -2.03. The van der Waals surface area contributed by atoms with E-state index in [1.54, 1.807) is 29.3 Å². The maximum absolute atomic E-state index is 14.2. The van der Waals surface area contributed by atoms with Crippen LogP contribution in [-0.4, -0.2) is 23.5 Å². The fraction of sp³-hybridized carbons (Fsp3) is 0.0909. The van der Waals surface area contributed by atoms with Crippen molar-refractivity contribution in [2.24, 2.45) is 7.05 Å². The topological polar surface area (TPSA) is 60.3 Å². The fourth-order valence-electron chi connectivity index (χ4n) is 3.90. The average molecular weight is 424 g/mol. The maximum Gasteiger partial charge on any atom is 0.259 e. The zero-order chi connectivity index (χ0) is 21.2. The molecule has 2 amide bonds. The molecule has 0 atom stereocenters. The zero-order valence-electron chi connectivity index (χ0n) is 15.9. The first-order chi connectivity index (χ1) is 14.4. The van der Waals surface area contributed by atoms with Gasteiger partial charge in [0.2, 0.25) is 0 Å². The number of hydrogen-bond acceptors (Lipinski definition) is 4. The second-order valence-electron chi connectivity index (χ2n) is 6.98. The number of fused-ring (bicyclic) bond motifs is 2. The molecule has 0 unspecified atom stereocenters. The first-order valence-corrected chi connectivity index (χ1v) is 9.87. The SMILES string of the molecule is COc1cc2c(C3=C(c4csc5ccc(F)cc45)C(=O)NC3=O)cn(C)c2cc1F. The molecule has 0 fully saturated rings. The van der Waals surface area contributed by atoms with Crippen molar-refractivity contribution in [2.45, 2.75) is 0 Å². The van der Waals surface area contributed by atoms with Crippen molar-refractivity contribution in [3.05, 3.63) is 64.7 Å². The highest BCUT2D eigenvalue weighted by Gasteiger charge is 2.35. The Bertz CT molecular complexity index is 1430. The van der Waals surface area contributed by atoms with E-state index in [9.17, 15) is 18.4 Å². The number of aryl methyl sites for hydroxylation is 1. The minimum absolute atomic E-state index is 0.0323. The Morgan fingerprint density at radius 3 is 2.47 bits per heavy atom. The van der Waals surface area contributed by atoms with Gasteiger partial charge in [-0.15, -0.1) is 11.3 Å². The van der Waals surface area contributed by atoms with Gasteiger partial charge in [-0.1, -0.05) is 0 Å². The van der Waals surface area contributed by atoms with Crippen LogP contribution in [0.2, 0.25) is 0 Å². The molecule has 4 aromatic rings. The highest BCUT2D eigenvalue weighted by Crippen LogP contribution is 2.41. The number of ether oxygens (including phenoxy) is 1. The second kappa shape index (κ2) is 6.50. The van der Waals surface area contributed by atoms with Crippen molar-refractivity contribution < 1.29 is 23.1 Å². The molecule has 1 N–H and O–H groups in total. The molecule has 0 radical (unpaired) electrons. The molecule has 1 aliphatic rings. The van der Waals surface area contributed by atoms with Gasteiger partial charge in [-0.25, -0.2) is 8.78 Å². The number of imide groups is 1. The molecule has 2 aromatic carbocycles. The number of thiophene rings is 1. The molecular weight excluding hydrogens is 410 g/mol. The van der Waals surface area contributed by atoms with Crippen molar-refractivity contribution in [1.29, 1.82) is 0 Å². The lowest BCUT2D eigenvalue weighted by atomic mass is 9.95. The Balaban J connectivity index is 1.85. The monoisotopic (exact) mass is 424 g/mol. The molecule has 0 saturated heterocycles. The predicted molar refractivity (Wildman–Crippen MR) is 111 cm³/mol. The molecule has 2 aromatic heterocycles. The van der Waals surface area contributed by atoms with E-state index in [-0.39, 0.29) is 16.9 Å². The largest absolute Gasteiger partial charge is 0.494 e. The Kier molecular flexibility index (Phi) is 4.01. The maximum atomic E-state index is 14.2. The average Bonchev–Trinajstić information content (AvgIpc) is 3.34.